The standard InChI is InChI=1S/C8H16O3/c1-6(11-7(2)9)5-8(3,4)10/h6,10H,5H2,1-4H3/t6-/m1/s1. The summed E-state index contributed by atoms with van der Waals surface area (Å²) in [6, 6.07) is 0. The van der Waals surface area contributed by atoms with E-state index in [4.69, 9.17) is 4.74 Å². The van der Waals surface area contributed by atoms with Gasteiger partial charge in [0.05, 0.1) is 5.60 Å². The highest BCUT2D eigenvalue weighted by Crippen LogP contribution is 2.12. The summed E-state index contributed by atoms with van der Waals surface area (Å²) in [6.45, 7) is 6.50. The van der Waals surface area contributed by atoms with E-state index < -0.39 is 5.60 Å². The molecule has 0 rings (SSSR count). The summed E-state index contributed by atoms with van der Waals surface area (Å²) in [6.07, 6.45) is 0.250. The average Bonchev–Trinajstić information content (AvgIpc) is 1.53. The zero-order valence-corrected chi connectivity index (χ0v) is 7.55. The molecule has 0 spiro atoms. The van der Waals surface area contributed by atoms with Gasteiger partial charge in [-0.25, -0.2) is 0 Å². The molecule has 1 N–H and O–H groups in total. The van der Waals surface area contributed by atoms with Gasteiger partial charge in [-0.15, -0.1) is 0 Å². The Morgan fingerprint density at radius 1 is 1.64 bits per heavy atom. The van der Waals surface area contributed by atoms with Crippen molar-refractivity contribution in [2.24, 2.45) is 0 Å². The lowest BCUT2D eigenvalue weighted by atomic mass is 10.0. The van der Waals surface area contributed by atoms with E-state index >= 15 is 0 Å². The number of esters is 1. The second kappa shape index (κ2) is 3.72. The Morgan fingerprint density at radius 3 is 2.36 bits per heavy atom. The molecule has 0 amide bonds. The van der Waals surface area contributed by atoms with Crippen LogP contribution in [0, 0.1) is 0 Å². The number of rotatable bonds is 3. The third kappa shape index (κ3) is 7.33. The van der Waals surface area contributed by atoms with Gasteiger partial charge in [-0.3, -0.25) is 4.79 Å². The number of hydrogen-bond donors (Lipinski definition) is 1. The molecule has 0 bridgehead atoms. The second-order valence-corrected chi connectivity index (χ2v) is 3.44. The van der Waals surface area contributed by atoms with Crippen molar-refractivity contribution in [3.63, 3.8) is 0 Å². The number of carbonyl (C=O) groups is 1. The minimum Gasteiger partial charge on any atom is -0.463 e. The van der Waals surface area contributed by atoms with Crippen LogP contribution in [-0.2, 0) is 9.53 Å². The molecule has 11 heavy (non-hydrogen) atoms. The van der Waals surface area contributed by atoms with Crippen LogP contribution in [0.2, 0.25) is 0 Å². The van der Waals surface area contributed by atoms with Crippen LogP contribution in [0.15, 0.2) is 0 Å². The number of carbonyl (C=O) groups excluding carboxylic acids is 1. The SMILES string of the molecule is CC(=O)O[C@H](C)CC(C)(C)O. The molecule has 0 unspecified atom stereocenters. The predicted molar refractivity (Wildman–Crippen MR) is 42.1 cm³/mol. The number of hydrogen-bond acceptors (Lipinski definition) is 3. The molecule has 0 saturated heterocycles. The largest absolute Gasteiger partial charge is 0.463 e. The topological polar surface area (TPSA) is 46.5 Å². The Labute approximate surface area is 67.4 Å². The van der Waals surface area contributed by atoms with Gasteiger partial charge < -0.3 is 9.84 Å². The summed E-state index contributed by atoms with van der Waals surface area (Å²) < 4.78 is 4.83. The Morgan fingerprint density at radius 2 is 2.09 bits per heavy atom. The van der Waals surface area contributed by atoms with E-state index in [0.717, 1.165) is 0 Å². The van der Waals surface area contributed by atoms with Crippen molar-refractivity contribution in [3.05, 3.63) is 0 Å². The first-order chi connectivity index (χ1) is 4.81. The van der Waals surface area contributed by atoms with Gasteiger partial charge in [0.1, 0.15) is 6.10 Å². The summed E-state index contributed by atoms with van der Waals surface area (Å²) in [5, 5.41) is 9.31. The number of aliphatic hydroxyl groups is 1. The van der Waals surface area contributed by atoms with E-state index in [1.807, 2.05) is 0 Å². The van der Waals surface area contributed by atoms with Gasteiger partial charge in [0.15, 0.2) is 0 Å². The lowest BCUT2D eigenvalue weighted by Gasteiger charge is -2.21. The van der Waals surface area contributed by atoms with Gasteiger partial charge in [-0.05, 0) is 20.8 Å². The molecule has 0 aromatic heterocycles. The quantitative estimate of drug-likeness (QED) is 0.629. The van der Waals surface area contributed by atoms with Gasteiger partial charge in [-0.2, -0.15) is 0 Å². The molecule has 0 aromatic carbocycles. The van der Waals surface area contributed by atoms with Crippen LogP contribution in [0.4, 0.5) is 0 Å². The van der Waals surface area contributed by atoms with Crippen LogP contribution in [0.1, 0.15) is 34.1 Å². The Bertz CT molecular complexity index is 135. The van der Waals surface area contributed by atoms with Crippen LogP contribution in [-0.4, -0.2) is 22.8 Å². The van der Waals surface area contributed by atoms with Gasteiger partial charge in [0.25, 0.3) is 0 Å². The maximum atomic E-state index is 10.4. The van der Waals surface area contributed by atoms with E-state index in [1.54, 1.807) is 20.8 Å². The van der Waals surface area contributed by atoms with Crippen LogP contribution in [0.3, 0.4) is 0 Å². The summed E-state index contributed by atoms with van der Waals surface area (Å²) in [5.41, 5.74) is -0.769. The second-order valence-electron chi connectivity index (χ2n) is 3.44. The molecular formula is C8H16O3. The van der Waals surface area contributed by atoms with Crippen molar-refractivity contribution in [3.8, 4) is 0 Å². The van der Waals surface area contributed by atoms with Crippen molar-refractivity contribution < 1.29 is 14.6 Å². The van der Waals surface area contributed by atoms with Crippen LogP contribution in [0.5, 0.6) is 0 Å². The predicted octanol–water partition coefficient (Wildman–Crippen LogP) is 1.10. The van der Waals surface area contributed by atoms with Gasteiger partial charge in [0.2, 0.25) is 0 Å². The summed E-state index contributed by atoms with van der Waals surface area (Å²) >= 11 is 0. The fourth-order valence-corrected chi connectivity index (χ4v) is 1.03. The molecule has 0 saturated carbocycles. The van der Waals surface area contributed by atoms with Gasteiger partial charge >= 0.3 is 5.97 Å². The Balaban J connectivity index is 3.69. The summed E-state index contributed by atoms with van der Waals surface area (Å²) in [5.74, 6) is -0.304. The van der Waals surface area contributed by atoms with Crippen molar-refractivity contribution in [1.82, 2.24) is 0 Å². The highest BCUT2D eigenvalue weighted by molar-refractivity contribution is 5.66. The molecule has 0 aliphatic rings. The molecule has 0 aliphatic heterocycles. The zero-order valence-electron chi connectivity index (χ0n) is 7.55. The molecule has 0 fully saturated rings. The third-order valence-electron chi connectivity index (χ3n) is 1.15. The van der Waals surface area contributed by atoms with E-state index in [1.165, 1.54) is 6.92 Å². The monoisotopic (exact) mass is 160 g/mol. The highest BCUT2D eigenvalue weighted by Gasteiger charge is 2.18. The molecule has 0 aromatic rings. The smallest absolute Gasteiger partial charge is 0.302 e. The molecule has 3 nitrogen and oxygen atoms in total. The van der Waals surface area contributed by atoms with Crippen LogP contribution in [0.25, 0.3) is 0 Å². The number of ether oxygens (including phenoxy) is 1. The summed E-state index contributed by atoms with van der Waals surface area (Å²) in [7, 11) is 0. The molecule has 0 heterocycles. The maximum absolute atomic E-state index is 10.4. The maximum Gasteiger partial charge on any atom is 0.302 e. The lowest BCUT2D eigenvalue weighted by molar-refractivity contribution is -0.147. The first-order valence-electron chi connectivity index (χ1n) is 3.71. The zero-order chi connectivity index (χ0) is 9.07. The fraction of sp³-hybridized carbons (Fsp3) is 0.875. The van der Waals surface area contributed by atoms with E-state index in [0.29, 0.717) is 6.42 Å². The van der Waals surface area contributed by atoms with E-state index in [9.17, 15) is 9.90 Å². The molecular weight excluding hydrogens is 144 g/mol. The minimum atomic E-state index is -0.769. The van der Waals surface area contributed by atoms with E-state index in [-0.39, 0.29) is 12.1 Å². The minimum absolute atomic E-state index is 0.215. The normalized spacial score (nSPS) is 14.3. The van der Waals surface area contributed by atoms with Crippen molar-refractivity contribution in [1.29, 1.82) is 0 Å². The molecule has 1 atom stereocenters. The first kappa shape index (κ1) is 10.4. The lowest BCUT2D eigenvalue weighted by Crippen LogP contribution is -2.27. The first-order valence-corrected chi connectivity index (χ1v) is 3.71. The Hall–Kier alpha value is -0.570. The van der Waals surface area contributed by atoms with Crippen LogP contribution >= 0.6 is 0 Å². The van der Waals surface area contributed by atoms with E-state index in [2.05, 4.69) is 0 Å². The average molecular weight is 160 g/mol. The van der Waals surface area contributed by atoms with Crippen LogP contribution < -0.4 is 0 Å². The molecule has 0 aliphatic carbocycles. The molecule has 3 heteroatoms. The van der Waals surface area contributed by atoms with Gasteiger partial charge in [-0.1, -0.05) is 0 Å². The fourth-order valence-electron chi connectivity index (χ4n) is 1.03. The Kier molecular flexibility index (Phi) is 3.52. The van der Waals surface area contributed by atoms with Crippen molar-refractivity contribution in [2.75, 3.05) is 0 Å². The van der Waals surface area contributed by atoms with Crippen molar-refractivity contribution >= 4 is 5.97 Å². The molecule has 0 radical (unpaired) electrons. The molecule has 66 valence electrons. The highest BCUT2D eigenvalue weighted by atomic mass is 16.5. The summed E-state index contributed by atoms with van der Waals surface area (Å²) in [4.78, 5) is 10.4. The van der Waals surface area contributed by atoms with Crippen molar-refractivity contribution in [2.45, 2.75) is 45.8 Å². The third-order valence-corrected chi connectivity index (χ3v) is 1.15. The van der Waals surface area contributed by atoms with Gasteiger partial charge in [0, 0.05) is 13.3 Å².